The summed E-state index contributed by atoms with van der Waals surface area (Å²) >= 11 is 1.86. The van der Waals surface area contributed by atoms with Crippen molar-refractivity contribution in [1.82, 2.24) is 10.2 Å². The van der Waals surface area contributed by atoms with Crippen LogP contribution in [0.2, 0.25) is 0 Å². The quantitative estimate of drug-likeness (QED) is 0.213. The molecule has 0 aliphatic carbocycles. The largest absolute Gasteiger partial charge is 0.497 e. The van der Waals surface area contributed by atoms with Crippen molar-refractivity contribution in [3.05, 3.63) is 138 Å². The molecular weight excluding hydrogens is 544 g/mol. The molecule has 6 nitrogen and oxygen atoms in total. The SMILES string of the molecule is COc1ccc(COC(=O)N2C[C@@H](SC(c3ccccc3)(c3ccccc3)c3ccccc3)C[C@H]2CNC(C)=O)cc1. The lowest BCUT2D eigenvalue weighted by atomic mass is 9.84. The molecule has 5 rings (SSSR count). The molecule has 2 atom stereocenters. The summed E-state index contributed by atoms with van der Waals surface area (Å²) in [5.74, 6) is 0.628. The minimum Gasteiger partial charge on any atom is -0.497 e. The Bertz CT molecular complexity index is 1350. The van der Waals surface area contributed by atoms with Crippen LogP contribution in [0.4, 0.5) is 4.79 Å². The summed E-state index contributed by atoms with van der Waals surface area (Å²) in [6.07, 6.45) is 0.339. The van der Waals surface area contributed by atoms with Crippen molar-refractivity contribution in [3.8, 4) is 5.75 Å². The number of ether oxygens (including phenoxy) is 2. The molecule has 2 amide bonds. The maximum Gasteiger partial charge on any atom is 0.410 e. The number of thioether (sulfide) groups is 1. The van der Waals surface area contributed by atoms with E-state index in [2.05, 4.69) is 78.1 Å². The topological polar surface area (TPSA) is 67.9 Å². The van der Waals surface area contributed by atoms with Crippen LogP contribution in [0, 0.1) is 0 Å². The van der Waals surface area contributed by atoms with E-state index in [0.717, 1.165) is 17.7 Å². The van der Waals surface area contributed by atoms with Crippen LogP contribution in [-0.4, -0.2) is 48.4 Å². The van der Waals surface area contributed by atoms with Crippen LogP contribution in [-0.2, 0) is 20.9 Å². The Hall–Kier alpha value is -4.23. The third-order valence-electron chi connectivity index (χ3n) is 7.60. The maximum atomic E-state index is 13.5. The molecule has 1 aliphatic heterocycles. The molecule has 0 saturated carbocycles. The summed E-state index contributed by atoms with van der Waals surface area (Å²) in [4.78, 5) is 27.1. The van der Waals surface area contributed by atoms with Crippen molar-refractivity contribution >= 4 is 23.8 Å². The van der Waals surface area contributed by atoms with Crippen molar-refractivity contribution in [2.24, 2.45) is 0 Å². The summed E-state index contributed by atoms with van der Waals surface area (Å²) < 4.78 is 10.5. The van der Waals surface area contributed by atoms with E-state index in [4.69, 9.17) is 9.47 Å². The molecule has 0 unspecified atom stereocenters. The molecule has 216 valence electrons. The minimum atomic E-state index is -0.504. The van der Waals surface area contributed by atoms with Gasteiger partial charge in [0, 0.05) is 25.3 Å². The molecule has 0 aromatic heterocycles. The van der Waals surface area contributed by atoms with E-state index in [1.54, 1.807) is 12.0 Å². The Balaban J connectivity index is 1.44. The number of rotatable bonds is 10. The van der Waals surface area contributed by atoms with Crippen LogP contribution in [0.3, 0.4) is 0 Å². The molecule has 4 aromatic rings. The van der Waals surface area contributed by atoms with Gasteiger partial charge in [-0.25, -0.2) is 4.79 Å². The molecule has 1 saturated heterocycles. The smallest absolute Gasteiger partial charge is 0.410 e. The molecule has 1 heterocycles. The average Bonchev–Trinajstić information content (AvgIpc) is 3.45. The number of nitrogens with zero attached hydrogens (tertiary/aromatic N) is 1. The van der Waals surface area contributed by atoms with Crippen molar-refractivity contribution in [1.29, 1.82) is 0 Å². The van der Waals surface area contributed by atoms with Gasteiger partial charge in [0.25, 0.3) is 0 Å². The molecule has 7 heteroatoms. The fourth-order valence-electron chi connectivity index (χ4n) is 5.56. The van der Waals surface area contributed by atoms with Crippen molar-refractivity contribution in [3.63, 3.8) is 0 Å². The third kappa shape index (κ3) is 6.63. The van der Waals surface area contributed by atoms with Gasteiger partial charge >= 0.3 is 6.09 Å². The van der Waals surface area contributed by atoms with E-state index in [1.807, 2.05) is 54.2 Å². The van der Waals surface area contributed by atoms with E-state index in [1.165, 1.54) is 23.6 Å². The van der Waals surface area contributed by atoms with E-state index in [-0.39, 0.29) is 29.9 Å². The molecule has 0 bridgehead atoms. The zero-order chi connectivity index (χ0) is 29.4. The van der Waals surface area contributed by atoms with Crippen molar-refractivity contribution < 1.29 is 19.1 Å². The fourth-order valence-corrected chi connectivity index (χ4v) is 7.43. The van der Waals surface area contributed by atoms with Gasteiger partial charge in [0.05, 0.1) is 17.9 Å². The summed E-state index contributed by atoms with van der Waals surface area (Å²) in [5, 5.41) is 3.01. The molecule has 0 spiro atoms. The van der Waals surface area contributed by atoms with Gasteiger partial charge in [0.15, 0.2) is 0 Å². The Labute approximate surface area is 252 Å². The minimum absolute atomic E-state index is 0.0814. The van der Waals surface area contributed by atoms with Gasteiger partial charge in [-0.05, 0) is 40.8 Å². The molecule has 42 heavy (non-hydrogen) atoms. The number of likely N-dealkylation sites (tertiary alicyclic amines) is 1. The molecule has 1 fully saturated rings. The molecule has 1 N–H and O–H groups in total. The summed E-state index contributed by atoms with van der Waals surface area (Å²) in [7, 11) is 1.62. The van der Waals surface area contributed by atoms with E-state index in [0.29, 0.717) is 13.1 Å². The predicted octanol–water partition coefficient (Wildman–Crippen LogP) is 6.64. The Morgan fingerprint density at radius 1 is 0.833 bits per heavy atom. The van der Waals surface area contributed by atoms with Crippen LogP contribution in [0.25, 0.3) is 0 Å². The van der Waals surface area contributed by atoms with E-state index >= 15 is 0 Å². The van der Waals surface area contributed by atoms with Crippen LogP contribution in [0.1, 0.15) is 35.6 Å². The number of methoxy groups -OCH3 is 1. The second-order valence-corrected chi connectivity index (χ2v) is 11.9. The molecule has 4 aromatic carbocycles. The molecular formula is C35H36N2O4S. The number of nitrogens with one attached hydrogen (secondary N) is 1. The summed E-state index contributed by atoms with van der Waals surface area (Å²) in [6, 6.07) is 38.9. The number of benzene rings is 4. The normalized spacial score (nSPS) is 16.6. The van der Waals surface area contributed by atoms with Gasteiger partial charge in [-0.1, -0.05) is 103 Å². The lowest BCUT2D eigenvalue weighted by Gasteiger charge is -2.37. The monoisotopic (exact) mass is 580 g/mol. The third-order valence-corrected chi connectivity index (χ3v) is 9.34. The van der Waals surface area contributed by atoms with Crippen LogP contribution >= 0.6 is 11.8 Å². The first-order valence-corrected chi connectivity index (χ1v) is 15.0. The van der Waals surface area contributed by atoms with Crippen molar-refractivity contribution in [2.45, 2.75) is 36.0 Å². The fraction of sp³-hybridized carbons (Fsp3) is 0.257. The van der Waals surface area contributed by atoms with E-state index < -0.39 is 4.75 Å². The highest BCUT2D eigenvalue weighted by Crippen LogP contribution is 2.52. The summed E-state index contributed by atoms with van der Waals surface area (Å²) in [5.41, 5.74) is 4.40. The van der Waals surface area contributed by atoms with Gasteiger partial charge in [-0.15, -0.1) is 11.8 Å². The first kappa shape index (κ1) is 29.3. The maximum absolute atomic E-state index is 13.5. The van der Waals surface area contributed by atoms with Crippen LogP contribution in [0.5, 0.6) is 5.75 Å². The Kier molecular flexibility index (Phi) is 9.49. The highest BCUT2D eigenvalue weighted by molar-refractivity contribution is 8.01. The zero-order valence-electron chi connectivity index (χ0n) is 23.9. The summed E-state index contributed by atoms with van der Waals surface area (Å²) in [6.45, 7) is 2.54. The van der Waals surface area contributed by atoms with Crippen LogP contribution in [0.15, 0.2) is 115 Å². The number of carbonyl (C=O) groups is 2. The number of hydrogen-bond donors (Lipinski definition) is 1. The lowest BCUT2D eigenvalue weighted by Crippen LogP contribution is -2.43. The second-order valence-electron chi connectivity index (χ2n) is 10.4. The van der Waals surface area contributed by atoms with Gasteiger partial charge in [-0.3, -0.25) is 4.79 Å². The lowest BCUT2D eigenvalue weighted by molar-refractivity contribution is -0.119. The van der Waals surface area contributed by atoms with Gasteiger partial charge in [-0.2, -0.15) is 0 Å². The first-order chi connectivity index (χ1) is 20.5. The van der Waals surface area contributed by atoms with Gasteiger partial charge in [0.1, 0.15) is 12.4 Å². The molecule has 1 aliphatic rings. The number of amides is 2. The van der Waals surface area contributed by atoms with Crippen molar-refractivity contribution in [2.75, 3.05) is 20.2 Å². The number of hydrogen-bond acceptors (Lipinski definition) is 5. The number of carbonyl (C=O) groups excluding carboxylic acids is 2. The van der Waals surface area contributed by atoms with Gasteiger partial charge < -0.3 is 19.7 Å². The predicted molar refractivity (Wildman–Crippen MR) is 168 cm³/mol. The molecule has 0 radical (unpaired) electrons. The van der Waals surface area contributed by atoms with Crippen LogP contribution < -0.4 is 10.1 Å². The Morgan fingerprint density at radius 3 is 1.83 bits per heavy atom. The average molecular weight is 581 g/mol. The van der Waals surface area contributed by atoms with Gasteiger partial charge in [0.2, 0.25) is 5.91 Å². The zero-order valence-corrected chi connectivity index (χ0v) is 24.8. The first-order valence-electron chi connectivity index (χ1n) is 14.1. The van der Waals surface area contributed by atoms with E-state index in [9.17, 15) is 9.59 Å². The highest BCUT2D eigenvalue weighted by atomic mass is 32.2. The second kappa shape index (κ2) is 13.6. The highest BCUT2D eigenvalue weighted by Gasteiger charge is 2.44. The Morgan fingerprint density at radius 2 is 1.36 bits per heavy atom. The standard InChI is InChI=1S/C35H36N2O4S/c1-26(38)36-23-31-22-33(24-37(31)34(39)41-25-27-18-20-32(40-2)21-19-27)42-35(28-12-6-3-7-13-28,29-14-8-4-9-15-29)30-16-10-5-11-17-30/h3-21,31,33H,22-25H2,1-2H3,(H,36,38)/t31-,33-/m0/s1.